The van der Waals surface area contributed by atoms with Gasteiger partial charge in [-0.25, -0.2) is 9.50 Å². The second kappa shape index (κ2) is 8.25. The SMILES string of the molecule is Cc1cccc(-c2nc(C(C)C)no2)c1NC(=O)CCc1c(C)nc2ncnn2c1C. The van der Waals surface area contributed by atoms with E-state index in [9.17, 15) is 4.79 Å². The number of hydrogen-bond donors (Lipinski definition) is 1. The molecule has 0 aliphatic rings. The molecule has 0 bridgehead atoms. The number of aromatic nitrogens is 6. The third kappa shape index (κ3) is 4.03. The smallest absolute Gasteiger partial charge is 0.260 e. The molecule has 0 aliphatic carbocycles. The molecule has 0 atom stereocenters. The van der Waals surface area contributed by atoms with Crippen molar-refractivity contribution in [3.8, 4) is 11.5 Å². The number of carbonyl (C=O) groups excluding carboxylic acids is 1. The summed E-state index contributed by atoms with van der Waals surface area (Å²) < 4.78 is 7.14. The lowest BCUT2D eigenvalue weighted by Gasteiger charge is -2.13. The lowest BCUT2D eigenvalue weighted by molar-refractivity contribution is -0.116. The molecule has 0 saturated heterocycles. The number of carbonyl (C=O) groups is 1. The number of hydrogen-bond acceptors (Lipinski definition) is 7. The van der Waals surface area contributed by atoms with E-state index in [0.29, 0.717) is 41.6 Å². The largest absolute Gasteiger partial charge is 0.334 e. The number of rotatable bonds is 6. The number of amides is 1. The number of benzene rings is 1. The molecule has 4 rings (SSSR count). The zero-order chi connectivity index (χ0) is 22.1. The molecule has 3 heterocycles. The van der Waals surface area contributed by atoms with Crippen molar-refractivity contribution in [2.45, 2.75) is 53.4 Å². The van der Waals surface area contributed by atoms with E-state index < -0.39 is 0 Å². The lowest BCUT2D eigenvalue weighted by Crippen LogP contribution is -2.15. The first-order chi connectivity index (χ1) is 14.8. The summed E-state index contributed by atoms with van der Waals surface area (Å²) in [5.41, 5.74) is 5.12. The number of para-hydroxylation sites is 1. The first kappa shape index (κ1) is 20.6. The molecule has 9 nitrogen and oxygen atoms in total. The molecule has 31 heavy (non-hydrogen) atoms. The summed E-state index contributed by atoms with van der Waals surface area (Å²) in [5, 5.41) is 11.3. The van der Waals surface area contributed by atoms with E-state index in [4.69, 9.17) is 4.52 Å². The number of fused-ring (bicyclic) bond motifs is 1. The third-order valence-corrected chi connectivity index (χ3v) is 5.32. The highest BCUT2D eigenvalue weighted by molar-refractivity contribution is 5.95. The standard InChI is InChI=1S/C22H25N7O2/c1-12(2)20-27-21(31-28-20)17-8-6-7-13(3)19(17)26-18(30)10-9-16-14(4)25-22-23-11-24-29(22)15(16)5/h6-8,11-12H,9-10H2,1-5H3,(H,26,30). The van der Waals surface area contributed by atoms with Crippen LogP contribution in [0.4, 0.5) is 5.69 Å². The van der Waals surface area contributed by atoms with Crippen LogP contribution in [0.5, 0.6) is 0 Å². The average molecular weight is 419 g/mol. The molecule has 4 aromatic rings. The summed E-state index contributed by atoms with van der Waals surface area (Å²) >= 11 is 0. The maximum Gasteiger partial charge on any atom is 0.260 e. The molecule has 0 unspecified atom stereocenters. The Bertz CT molecular complexity index is 1260. The van der Waals surface area contributed by atoms with Crippen LogP contribution in [0.2, 0.25) is 0 Å². The number of nitrogens with zero attached hydrogens (tertiary/aromatic N) is 6. The molecule has 1 amide bonds. The predicted molar refractivity (Wildman–Crippen MR) is 116 cm³/mol. The van der Waals surface area contributed by atoms with Crippen LogP contribution in [0.25, 0.3) is 17.2 Å². The van der Waals surface area contributed by atoms with Gasteiger partial charge in [-0.15, -0.1) is 0 Å². The Morgan fingerprint density at radius 2 is 2.00 bits per heavy atom. The lowest BCUT2D eigenvalue weighted by atomic mass is 10.0. The maximum absolute atomic E-state index is 12.8. The number of aryl methyl sites for hydroxylation is 3. The fraction of sp³-hybridized carbons (Fsp3) is 0.364. The summed E-state index contributed by atoms with van der Waals surface area (Å²) in [6.07, 6.45) is 2.33. The first-order valence-electron chi connectivity index (χ1n) is 10.2. The van der Waals surface area contributed by atoms with E-state index >= 15 is 0 Å². The minimum atomic E-state index is -0.100. The van der Waals surface area contributed by atoms with E-state index in [1.54, 1.807) is 4.52 Å². The predicted octanol–water partition coefficient (Wildman–Crippen LogP) is 3.79. The summed E-state index contributed by atoms with van der Waals surface area (Å²) in [6, 6.07) is 5.72. The molecule has 9 heteroatoms. The zero-order valence-electron chi connectivity index (χ0n) is 18.3. The van der Waals surface area contributed by atoms with Crippen LogP contribution in [0.1, 0.15) is 54.5 Å². The van der Waals surface area contributed by atoms with Crippen LogP contribution in [0, 0.1) is 20.8 Å². The van der Waals surface area contributed by atoms with Crippen molar-refractivity contribution in [1.29, 1.82) is 0 Å². The Balaban J connectivity index is 1.54. The van der Waals surface area contributed by atoms with Gasteiger partial charge in [-0.2, -0.15) is 15.1 Å². The van der Waals surface area contributed by atoms with Gasteiger partial charge in [0.05, 0.1) is 11.3 Å². The van der Waals surface area contributed by atoms with Crippen molar-refractivity contribution < 1.29 is 9.32 Å². The molecule has 160 valence electrons. The van der Waals surface area contributed by atoms with Crippen LogP contribution >= 0.6 is 0 Å². The highest BCUT2D eigenvalue weighted by Gasteiger charge is 2.18. The third-order valence-electron chi connectivity index (χ3n) is 5.32. The topological polar surface area (TPSA) is 111 Å². The molecular formula is C22H25N7O2. The Labute approximate surface area is 179 Å². The molecule has 0 fully saturated rings. The maximum atomic E-state index is 12.8. The van der Waals surface area contributed by atoms with Crippen molar-refractivity contribution >= 4 is 17.4 Å². The first-order valence-corrected chi connectivity index (χ1v) is 10.2. The van der Waals surface area contributed by atoms with Gasteiger partial charge in [-0.3, -0.25) is 4.79 Å². The number of anilines is 1. The van der Waals surface area contributed by atoms with E-state index in [0.717, 1.165) is 22.5 Å². The van der Waals surface area contributed by atoms with Crippen LogP contribution in [-0.2, 0) is 11.2 Å². The van der Waals surface area contributed by atoms with Gasteiger partial charge in [0, 0.05) is 23.7 Å². The molecule has 0 aliphatic heterocycles. The van der Waals surface area contributed by atoms with E-state index in [-0.39, 0.29) is 11.8 Å². The monoisotopic (exact) mass is 419 g/mol. The van der Waals surface area contributed by atoms with Crippen molar-refractivity contribution in [1.82, 2.24) is 29.7 Å². The van der Waals surface area contributed by atoms with E-state index in [2.05, 4.69) is 30.5 Å². The van der Waals surface area contributed by atoms with Gasteiger partial charge < -0.3 is 9.84 Å². The molecular weight excluding hydrogens is 394 g/mol. The molecule has 0 radical (unpaired) electrons. The Hall–Kier alpha value is -3.62. The second-order valence-corrected chi connectivity index (χ2v) is 7.89. The van der Waals surface area contributed by atoms with E-state index in [1.807, 2.05) is 52.8 Å². The van der Waals surface area contributed by atoms with Crippen LogP contribution in [0.15, 0.2) is 29.0 Å². The van der Waals surface area contributed by atoms with Gasteiger partial charge in [0.1, 0.15) is 6.33 Å². The summed E-state index contributed by atoms with van der Waals surface area (Å²) in [4.78, 5) is 25.9. The molecule has 0 spiro atoms. The van der Waals surface area contributed by atoms with Crippen LogP contribution < -0.4 is 5.32 Å². The number of nitrogens with one attached hydrogen (secondary N) is 1. The van der Waals surface area contributed by atoms with Crippen molar-refractivity contribution in [2.75, 3.05) is 5.32 Å². The van der Waals surface area contributed by atoms with Crippen molar-refractivity contribution in [3.63, 3.8) is 0 Å². The van der Waals surface area contributed by atoms with Gasteiger partial charge in [-0.05, 0) is 44.4 Å². The minimum Gasteiger partial charge on any atom is -0.334 e. The highest BCUT2D eigenvalue weighted by atomic mass is 16.5. The Kier molecular flexibility index (Phi) is 5.50. The van der Waals surface area contributed by atoms with Crippen molar-refractivity contribution in [3.05, 3.63) is 52.9 Å². The second-order valence-electron chi connectivity index (χ2n) is 7.89. The van der Waals surface area contributed by atoms with Gasteiger partial charge in [-0.1, -0.05) is 31.1 Å². The summed E-state index contributed by atoms with van der Waals surface area (Å²) in [6.45, 7) is 9.84. The van der Waals surface area contributed by atoms with Gasteiger partial charge >= 0.3 is 0 Å². The van der Waals surface area contributed by atoms with Crippen molar-refractivity contribution in [2.24, 2.45) is 0 Å². The van der Waals surface area contributed by atoms with Gasteiger partial charge in [0.2, 0.25) is 5.91 Å². The summed E-state index contributed by atoms with van der Waals surface area (Å²) in [5.74, 6) is 1.65. The fourth-order valence-electron chi connectivity index (χ4n) is 3.55. The molecule has 1 N–H and O–H groups in total. The summed E-state index contributed by atoms with van der Waals surface area (Å²) in [7, 11) is 0. The quantitative estimate of drug-likeness (QED) is 0.506. The molecule has 3 aromatic heterocycles. The molecule has 0 saturated carbocycles. The van der Waals surface area contributed by atoms with Gasteiger partial charge in [0.15, 0.2) is 5.82 Å². The van der Waals surface area contributed by atoms with Crippen LogP contribution in [0.3, 0.4) is 0 Å². The van der Waals surface area contributed by atoms with Crippen LogP contribution in [-0.4, -0.2) is 35.6 Å². The average Bonchev–Trinajstić information content (AvgIpc) is 3.39. The molecule has 1 aromatic carbocycles. The normalized spacial score (nSPS) is 11.4. The Morgan fingerprint density at radius 3 is 2.74 bits per heavy atom. The fourth-order valence-corrected chi connectivity index (χ4v) is 3.55. The van der Waals surface area contributed by atoms with E-state index in [1.165, 1.54) is 6.33 Å². The minimum absolute atomic E-state index is 0.100. The zero-order valence-corrected chi connectivity index (χ0v) is 18.3. The highest BCUT2D eigenvalue weighted by Crippen LogP contribution is 2.30. The Morgan fingerprint density at radius 1 is 1.19 bits per heavy atom. The van der Waals surface area contributed by atoms with Gasteiger partial charge in [0.25, 0.3) is 11.7 Å².